The number of rotatable bonds is 4. The quantitative estimate of drug-likeness (QED) is 0.845. The molecule has 0 unspecified atom stereocenters. The van der Waals surface area contributed by atoms with Gasteiger partial charge in [-0.05, 0) is 17.9 Å². The number of hydrogen-bond acceptors (Lipinski definition) is 5. The fourth-order valence-corrected chi connectivity index (χ4v) is 2.47. The van der Waals surface area contributed by atoms with E-state index < -0.39 is 5.97 Å². The molecule has 112 valence electrons. The lowest BCUT2D eigenvalue weighted by Gasteiger charge is -2.19. The second-order valence-corrected chi connectivity index (χ2v) is 5.41. The highest BCUT2D eigenvalue weighted by molar-refractivity contribution is 7.98. The van der Waals surface area contributed by atoms with Gasteiger partial charge in [0.05, 0.1) is 6.04 Å². The van der Waals surface area contributed by atoms with Crippen LogP contribution in [0.15, 0.2) is 53.3 Å². The van der Waals surface area contributed by atoms with Gasteiger partial charge in [0.15, 0.2) is 0 Å². The number of hydrogen-bond donors (Lipinski definition) is 2. The minimum Gasteiger partial charge on any atom is -0.477 e. The van der Waals surface area contributed by atoms with Crippen LogP contribution in [-0.2, 0) is 4.79 Å². The SMILES string of the molecule is CSc1nc2n(n1)[C@H](/C=C/c1ccccc1)C=C(C(=O)O)N2. The van der Waals surface area contributed by atoms with E-state index in [0.29, 0.717) is 11.1 Å². The largest absolute Gasteiger partial charge is 0.477 e. The van der Waals surface area contributed by atoms with Crippen LogP contribution in [0, 0.1) is 0 Å². The third-order valence-electron chi connectivity index (χ3n) is 3.18. The molecule has 0 saturated heterocycles. The maximum Gasteiger partial charge on any atom is 0.352 e. The fourth-order valence-electron chi connectivity index (χ4n) is 2.12. The van der Waals surface area contributed by atoms with E-state index in [0.717, 1.165) is 5.56 Å². The van der Waals surface area contributed by atoms with Crippen LogP contribution in [0.1, 0.15) is 11.6 Å². The number of fused-ring (bicyclic) bond motifs is 1. The van der Waals surface area contributed by atoms with E-state index in [1.54, 1.807) is 10.8 Å². The number of nitrogens with zero attached hydrogens (tertiary/aromatic N) is 3. The predicted molar refractivity (Wildman–Crippen MR) is 85.7 cm³/mol. The Kier molecular flexibility index (Phi) is 3.97. The molecule has 0 radical (unpaired) electrons. The summed E-state index contributed by atoms with van der Waals surface area (Å²) in [4.78, 5) is 15.5. The number of aromatic nitrogens is 3. The Hall–Kier alpha value is -2.54. The van der Waals surface area contributed by atoms with Crippen molar-refractivity contribution in [2.45, 2.75) is 11.2 Å². The zero-order chi connectivity index (χ0) is 15.5. The number of anilines is 1. The zero-order valence-electron chi connectivity index (χ0n) is 11.8. The first-order valence-electron chi connectivity index (χ1n) is 6.63. The Morgan fingerprint density at radius 1 is 1.41 bits per heavy atom. The van der Waals surface area contributed by atoms with Crippen molar-refractivity contribution in [3.63, 3.8) is 0 Å². The van der Waals surface area contributed by atoms with Gasteiger partial charge in [-0.3, -0.25) is 0 Å². The highest BCUT2D eigenvalue weighted by Gasteiger charge is 2.24. The van der Waals surface area contributed by atoms with E-state index >= 15 is 0 Å². The lowest BCUT2D eigenvalue weighted by Crippen LogP contribution is -2.22. The van der Waals surface area contributed by atoms with Crippen molar-refractivity contribution in [1.82, 2.24) is 14.8 Å². The van der Waals surface area contributed by atoms with Gasteiger partial charge in [-0.2, -0.15) is 4.98 Å². The first-order valence-corrected chi connectivity index (χ1v) is 7.86. The second kappa shape index (κ2) is 6.07. The molecule has 2 N–H and O–H groups in total. The molecule has 1 aliphatic heterocycles. The molecule has 1 aromatic heterocycles. The van der Waals surface area contributed by atoms with Gasteiger partial charge in [-0.1, -0.05) is 54.2 Å². The van der Waals surface area contributed by atoms with Crippen LogP contribution in [0.3, 0.4) is 0 Å². The number of benzene rings is 1. The van der Waals surface area contributed by atoms with Crippen LogP contribution >= 0.6 is 11.8 Å². The van der Waals surface area contributed by atoms with Gasteiger partial charge in [-0.15, -0.1) is 5.10 Å². The van der Waals surface area contributed by atoms with E-state index in [9.17, 15) is 9.90 Å². The van der Waals surface area contributed by atoms with Gasteiger partial charge in [-0.25, -0.2) is 9.48 Å². The molecule has 7 heteroatoms. The molecule has 6 nitrogen and oxygen atoms in total. The normalized spacial score (nSPS) is 17.0. The molecule has 0 spiro atoms. The maximum atomic E-state index is 11.2. The standard InChI is InChI=1S/C15H14N4O2S/c1-22-15-17-14-16-12(13(20)21)9-11(19(14)18-15)8-7-10-5-3-2-4-6-10/h2-9,11H,1H3,(H,20,21)(H,16,17,18)/b8-7+/t11-/m1/s1. The fraction of sp³-hybridized carbons (Fsp3) is 0.133. The number of carbonyl (C=O) groups is 1. The Morgan fingerprint density at radius 2 is 2.18 bits per heavy atom. The smallest absolute Gasteiger partial charge is 0.352 e. The van der Waals surface area contributed by atoms with Crippen LogP contribution < -0.4 is 5.32 Å². The first-order chi connectivity index (χ1) is 10.7. The van der Waals surface area contributed by atoms with Crippen LogP contribution in [0.4, 0.5) is 5.95 Å². The van der Waals surface area contributed by atoms with E-state index in [-0.39, 0.29) is 11.7 Å². The third-order valence-corrected chi connectivity index (χ3v) is 3.71. The van der Waals surface area contributed by atoms with Crippen molar-refractivity contribution in [3.8, 4) is 0 Å². The summed E-state index contributed by atoms with van der Waals surface area (Å²) in [5.74, 6) is -0.579. The Balaban J connectivity index is 1.95. The summed E-state index contributed by atoms with van der Waals surface area (Å²) >= 11 is 1.41. The molecule has 0 amide bonds. The van der Waals surface area contributed by atoms with E-state index in [1.807, 2.05) is 48.7 Å². The predicted octanol–water partition coefficient (Wildman–Crippen LogP) is 2.65. The van der Waals surface area contributed by atoms with Crippen LogP contribution in [0.2, 0.25) is 0 Å². The van der Waals surface area contributed by atoms with Crippen molar-refractivity contribution in [3.05, 3.63) is 53.7 Å². The monoisotopic (exact) mass is 314 g/mol. The van der Waals surface area contributed by atoms with Gasteiger partial charge >= 0.3 is 5.97 Å². The van der Waals surface area contributed by atoms with Crippen LogP contribution in [0.5, 0.6) is 0 Å². The number of aliphatic carboxylic acids is 1. The molecule has 2 heterocycles. The summed E-state index contributed by atoms with van der Waals surface area (Å²) < 4.78 is 1.68. The van der Waals surface area contributed by atoms with Gasteiger partial charge in [0.1, 0.15) is 5.70 Å². The van der Waals surface area contributed by atoms with Crippen LogP contribution in [0.25, 0.3) is 6.08 Å². The van der Waals surface area contributed by atoms with E-state index in [1.165, 1.54) is 11.8 Å². The van der Waals surface area contributed by atoms with Gasteiger partial charge in [0.25, 0.3) is 0 Å². The number of nitrogens with one attached hydrogen (secondary N) is 1. The maximum absolute atomic E-state index is 11.2. The molecule has 0 bridgehead atoms. The number of carboxylic acids is 1. The first kappa shape index (κ1) is 14.4. The minimum absolute atomic E-state index is 0.107. The number of thioether (sulfide) groups is 1. The van der Waals surface area contributed by atoms with Crippen molar-refractivity contribution in [1.29, 1.82) is 0 Å². The molecule has 1 aromatic carbocycles. The Morgan fingerprint density at radius 3 is 2.86 bits per heavy atom. The molecule has 2 aromatic rings. The summed E-state index contributed by atoms with van der Waals surface area (Å²) in [5.41, 5.74) is 1.15. The van der Waals surface area contributed by atoms with Crippen molar-refractivity contribution in [2.24, 2.45) is 0 Å². The van der Waals surface area contributed by atoms with Crippen molar-refractivity contribution < 1.29 is 9.90 Å². The molecule has 1 aliphatic rings. The molecule has 3 rings (SSSR count). The summed E-state index contributed by atoms with van der Waals surface area (Å²) in [6.07, 6.45) is 7.34. The van der Waals surface area contributed by atoms with E-state index in [2.05, 4.69) is 15.4 Å². The van der Waals surface area contributed by atoms with E-state index in [4.69, 9.17) is 0 Å². The highest BCUT2D eigenvalue weighted by Crippen LogP contribution is 2.26. The summed E-state index contributed by atoms with van der Waals surface area (Å²) in [7, 11) is 0. The third kappa shape index (κ3) is 2.89. The topological polar surface area (TPSA) is 80.0 Å². The van der Waals surface area contributed by atoms with Crippen LogP contribution in [-0.4, -0.2) is 32.1 Å². The lowest BCUT2D eigenvalue weighted by atomic mass is 10.1. The molecule has 0 saturated carbocycles. The Labute approximate surface area is 131 Å². The average Bonchev–Trinajstić information content (AvgIpc) is 2.96. The summed E-state index contributed by atoms with van der Waals surface area (Å²) in [6, 6.07) is 9.52. The number of carboxylic acid groups (broad SMARTS) is 1. The zero-order valence-corrected chi connectivity index (χ0v) is 12.6. The Bertz CT molecular complexity index is 752. The second-order valence-electron chi connectivity index (χ2n) is 4.64. The van der Waals surface area contributed by atoms with Gasteiger partial charge < -0.3 is 10.4 Å². The summed E-state index contributed by atoms with van der Waals surface area (Å²) in [5, 5.41) is 17.0. The number of allylic oxidation sites excluding steroid dienone is 2. The van der Waals surface area contributed by atoms with Crippen molar-refractivity contribution >= 4 is 29.8 Å². The lowest BCUT2D eigenvalue weighted by molar-refractivity contribution is -0.132. The molecule has 22 heavy (non-hydrogen) atoms. The average molecular weight is 314 g/mol. The summed E-state index contributed by atoms with van der Waals surface area (Å²) in [6.45, 7) is 0. The van der Waals surface area contributed by atoms with Gasteiger partial charge in [0, 0.05) is 0 Å². The van der Waals surface area contributed by atoms with Crippen molar-refractivity contribution in [2.75, 3.05) is 11.6 Å². The molecular weight excluding hydrogens is 300 g/mol. The molecular formula is C15H14N4O2S. The molecule has 0 fully saturated rings. The highest BCUT2D eigenvalue weighted by atomic mass is 32.2. The molecule has 0 aliphatic carbocycles. The van der Waals surface area contributed by atoms with Gasteiger partial charge in [0.2, 0.25) is 11.1 Å². The molecule has 1 atom stereocenters. The minimum atomic E-state index is -1.02.